The van der Waals surface area contributed by atoms with Crippen molar-refractivity contribution in [3.8, 4) is 17.2 Å². The lowest BCUT2D eigenvalue weighted by Gasteiger charge is -2.50. The minimum atomic E-state index is -4.02. The van der Waals surface area contributed by atoms with Gasteiger partial charge < -0.3 is 38.4 Å². The van der Waals surface area contributed by atoms with Crippen molar-refractivity contribution in [1.29, 1.82) is 0 Å². The van der Waals surface area contributed by atoms with Gasteiger partial charge in [0.2, 0.25) is 10.0 Å². The van der Waals surface area contributed by atoms with Crippen molar-refractivity contribution in [2.45, 2.75) is 137 Å². The lowest BCUT2D eigenvalue weighted by Crippen LogP contribution is -2.52. The summed E-state index contributed by atoms with van der Waals surface area (Å²) < 4.78 is 73.7. The number of aromatic nitrogens is 3. The summed E-state index contributed by atoms with van der Waals surface area (Å²) in [5.41, 5.74) is 5.19. The number of hydrogen-bond donors (Lipinski definition) is 3. The van der Waals surface area contributed by atoms with Gasteiger partial charge in [0.1, 0.15) is 34.3 Å². The summed E-state index contributed by atoms with van der Waals surface area (Å²) >= 11 is 12.9. The minimum Gasteiger partial charge on any atom is -0.496 e. The number of aliphatic hydroxyl groups is 1. The number of anilines is 2. The fourth-order valence-electron chi connectivity index (χ4n) is 17.1. The van der Waals surface area contributed by atoms with Crippen molar-refractivity contribution < 1.29 is 46.3 Å². The number of amides is 2. The van der Waals surface area contributed by atoms with E-state index < -0.39 is 42.1 Å². The number of methoxy groups -OCH3 is 2. The van der Waals surface area contributed by atoms with Crippen LogP contribution in [0.3, 0.4) is 0 Å². The number of imidazole rings is 1. The van der Waals surface area contributed by atoms with Gasteiger partial charge in [0.25, 0.3) is 11.8 Å². The Kier molecular flexibility index (Phi) is 19.1. The molecule has 6 aromatic rings. The molecule has 21 heteroatoms. The second-order valence-corrected chi connectivity index (χ2v) is 34.3. The van der Waals surface area contributed by atoms with Crippen molar-refractivity contribution in [3.05, 3.63) is 183 Å². The van der Waals surface area contributed by atoms with E-state index in [1.165, 1.54) is 22.3 Å². The molecule has 4 aliphatic carbocycles. The van der Waals surface area contributed by atoms with Crippen LogP contribution in [0.4, 0.5) is 11.4 Å². The number of pyridine rings is 1. The Balaban J connectivity index is 0.000000175. The largest absolute Gasteiger partial charge is 0.496 e. The predicted octanol–water partition coefficient (Wildman–Crippen LogP) is 12.6. The lowest BCUT2D eigenvalue weighted by atomic mass is 9.62. The second kappa shape index (κ2) is 27.0. The van der Waals surface area contributed by atoms with E-state index in [1.54, 1.807) is 63.9 Å². The van der Waals surface area contributed by atoms with Crippen LogP contribution >= 0.6 is 23.2 Å². The number of hydrogen-bond acceptors (Lipinski definition) is 14. The zero-order chi connectivity index (χ0) is 68.4. The third kappa shape index (κ3) is 12.9. The van der Waals surface area contributed by atoms with Crippen LogP contribution in [0.5, 0.6) is 17.2 Å². The molecule has 2 amide bonds. The zero-order valence-corrected chi connectivity index (χ0v) is 59.8. The first-order chi connectivity index (χ1) is 46.4. The van der Waals surface area contributed by atoms with Crippen LogP contribution < -0.4 is 33.5 Å². The van der Waals surface area contributed by atoms with E-state index in [0.29, 0.717) is 72.7 Å². The highest BCUT2D eigenvalue weighted by Gasteiger charge is 2.53. The summed E-state index contributed by atoms with van der Waals surface area (Å²) in [5.74, 6) is 5.83. The molecule has 2 saturated carbocycles. The molecule has 8 aliphatic rings. The Labute approximate surface area is 581 Å². The number of aryl methyl sites for hydroxylation is 3. The summed E-state index contributed by atoms with van der Waals surface area (Å²) in [6.07, 6.45) is 25.8. The van der Waals surface area contributed by atoms with Crippen LogP contribution in [0, 0.1) is 35.5 Å². The standard InChI is InChI=1S/C38H47ClN4O4S.C38H44ClN3O6S/c1-25-8-6-17-38(46-4,36-40-18-19-42(36)3)32-13-10-29(32)22-43-23-37(16-7-9-27-20-30(39)12-14-31(27)37)24-47-34-15-11-28(21-33(34)43)35(44)41-48(5,45)26(25)2;1-24-6-4-16-38(44,32-20-40-17-14-34(32)47-3)31-11-8-28(31)21-42-22-37(15-5-7-26-18-29(39)10-12-30(26)37)23-48-35-13-9-27(19-33(35)42)36(43)41-49(45,46)25(24)2/h6,11-12,14-15,17-21,25-26,29,32H,5,7-10,13,16,22-24H2,1-4H3,(H,41,44,45);4,9-10,12-14,16-20,24-25,28,31,44H,5-8,11,15,21-23H2,1-3H3,(H,41,43)/b17-6+;16-4+/t25-,26+,29-,32+,37-,38+,48?;24-,25+,28-,31+,37-,38-/m00/s1. The molecule has 4 bridgehead atoms. The first-order valence-electron chi connectivity index (χ1n) is 34.3. The maximum Gasteiger partial charge on any atom is 0.264 e. The highest BCUT2D eigenvalue weighted by molar-refractivity contribution is 7.99. The molecule has 4 aliphatic heterocycles. The number of rotatable bonds is 4. The van der Waals surface area contributed by atoms with E-state index in [-0.39, 0.29) is 57.1 Å². The molecule has 0 radical (unpaired) electrons. The number of allylic oxidation sites excluding steroid dienone is 2. The number of fused-ring (bicyclic) bond motifs is 8. The Hall–Kier alpha value is -6.87. The fourth-order valence-corrected chi connectivity index (χ4v) is 20.2. The molecule has 6 heterocycles. The van der Waals surface area contributed by atoms with E-state index in [4.69, 9.17) is 47.1 Å². The molecule has 4 aromatic carbocycles. The van der Waals surface area contributed by atoms with Gasteiger partial charge in [-0.3, -0.25) is 19.3 Å². The molecule has 2 aromatic heterocycles. The first kappa shape index (κ1) is 68.6. The molecule has 2 spiro atoms. The van der Waals surface area contributed by atoms with Crippen LogP contribution in [0.1, 0.15) is 146 Å². The van der Waals surface area contributed by atoms with Crippen LogP contribution in [0.2, 0.25) is 10.0 Å². The summed E-state index contributed by atoms with van der Waals surface area (Å²) in [4.78, 5) is 41.2. The maximum absolute atomic E-state index is 13.9. The number of benzene rings is 4. The molecule has 2 fully saturated rings. The quantitative estimate of drug-likeness (QED) is 0.111. The number of sulfonamides is 1. The van der Waals surface area contributed by atoms with Crippen molar-refractivity contribution in [1.82, 2.24) is 24.0 Å². The van der Waals surface area contributed by atoms with Crippen molar-refractivity contribution in [2.24, 2.45) is 42.6 Å². The molecule has 516 valence electrons. The summed E-state index contributed by atoms with van der Waals surface area (Å²) in [6, 6.07) is 24.9. The van der Waals surface area contributed by atoms with Gasteiger partial charge in [0.15, 0.2) is 0 Å². The van der Waals surface area contributed by atoms with Crippen LogP contribution in [-0.2, 0) is 66.4 Å². The SMILES string of the molecule is C=S1(=O)NC(=O)c2ccc3c(c2)N(C[C@@H]2CC[C@H]2[C@@](OC)(c2nccn2C)/C=C/C[C@H](C)[C@H]1C)C[C@@]1(CCCc2cc(Cl)ccc21)CO3.COc1ccncc1[C@]1(O)/C=C/C[C@H](C)[C@@H](C)S(=O)(=O)NC(=O)c2ccc3c(c2)N(C[C@@H]2CC[C@H]21)C[C@@]1(CCCc2cc(Cl)ccc21)CO3. The monoisotopic (exact) mass is 1400 g/mol. The number of nitrogens with zero attached hydrogens (tertiary/aromatic N) is 5. The highest BCUT2D eigenvalue weighted by atomic mass is 35.5. The third-order valence-corrected chi connectivity index (χ3v) is 27.9. The number of carbonyl (C=O) groups is 2. The smallest absolute Gasteiger partial charge is 0.264 e. The van der Waals surface area contributed by atoms with Crippen LogP contribution in [0.15, 0.2) is 128 Å². The van der Waals surface area contributed by atoms with Gasteiger partial charge in [-0.2, -0.15) is 0 Å². The second-order valence-electron chi connectivity index (χ2n) is 29.0. The molecule has 0 saturated heterocycles. The van der Waals surface area contributed by atoms with Gasteiger partial charge in [0.05, 0.1) is 46.7 Å². The normalized spacial score (nSPS) is 32.9. The summed E-state index contributed by atoms with van der Waals surface area (Å²) in [6.45, 7) is 11.1. The van der Waals surface area contributed by atoms with E-state index >= 15 is 0 Å². The Morgan fingerprint density at radius 1 is 0.670 bits per heavy atom. The molecule has 97 heavy (non-hydrogen) atoms. The topological polar surface area (TPSA) is 204 Å². The minimum absolute atomic E-state index is 0.00653. The summed E-state index contributed by atoms with van der Waals surface area (Å²) in [5, 5.41) is 13.0. The molecule has 14 rings (SSSR count). The van der Waals surface area contributed by atoms with E-state index in [2.05, 4.69) is 78.0 Å². The highest BCUT2D eigenvalue weighted by Crippen LogP contribution is 2.55. The molecule has 3 N–H and O–H groups in total. The maximum atomic E-state index is 13.9. The number of nitrogens with one attached hydrogen (secondary N) is 2. The Bertz CT molecular complexity index is 4300. The van der Waals surface area contributed by atoms with Gasteiger partial charge in [-0.05, 0) is 215 Å². The van der Waals surface area contributed by atoms with Gasteiger partial charge in [0, 0.05) is 120 Å². The van der Waals surface area contributed by atoms with Crippen LogP contribution in [0.25, 0.3) is 0 Å². The zero-order valence-electron chi connectivity index (χ0n) is 56.6. The average Bonchev–Trinajstić information content (AvgIpc) is 1.73. The van der Waals surface area contributed by atoms with E-state index in [9.17, 15) is 27.3 Å². The van der Waals surface area contributed by atoms with Gasteiger partial charge in [-0.15, -0.1) is 0 Å². The predicted molar refractivity (Wildman–Crippen MR) is 383 cm³/mol. The first-order valence-corrected chi connectivity index (χ1v) is 38.4. The van der Waals surface area contributed by atoms with E-state index in [1.807, 2.05) is 69.7 Å². The third-order valence-electron chi connectivity index (χ3n) is 23.3. The molecule has 13 atom stereocenters. The van der Waals surface area contributed by atoms with Crippen molar-refractivity contribution in [2.75, 3.05) is 63.4 Å². The van der Waals surface area contributed by atoms with Gasteiger partial charge in [-0.25, -0.2) is 22.3 Å². The number of halogens is 2. The lowest BCUT2D eigenvalue weighted by molar-refractivity contribution is -0.0874. The Morgan fingerprint density at radius 3 is 1.74 bits per heavy atom. The number of ether oxygens (including phenoxy) is 4. The molecular weight excluding hydrogens is 1310 g/mol. The molecular formula is C76H91Cl2N7O10S2. The molecule has 17 nitrogen and oxygen atoms in total. The van der Waals surface area contributed by atoms with Crippen LogP contribution in [-0.4, -0.2) is 114 Å². The summed E-state index contributed by atoms with van der Waals surface area (Å²) in [7, 11) is -1.59. The van der Waals surface area contributed by atoms with E-state index in [0.717, 1.165) is 105 Å². The Morgan fingerprint density at radius 2 is 1.22 bits per heavy atom. The van der Waals surface area contributed by atoms with Gasteiger partial charge >= 0.3 is 0 Å². The average molecular weight is 1400 g/mol. The number of carbonyl (C=O) groups excluding carboxylic acids is 2. The fraction of sp³-hybridized carbons (Fsp3) is 0.487. The molecule has 1 unspecified atom stereocenters. The van der Waals surface area contributed by atoms with Gasteiger partial charge in [-0.1, -0.05) is 67.4 Å². The van der Waals surface area contributed by atoms with Crippen molar-refractivity contribution in [3.63, 3.8) is 0 Å². The van der Waals surface area contributed by atoms with Crippen molar-refractivity contribution >= 4 is 72.0 Å².